The average molecular weight is 347 g/mol. The van der Waals surface area contributed by atoms with Crippen LogP contribution in [0.4, 0.5) is 0 Å². The van der Waals surface area contributed by atoms with Gasteiger partial charge in [0.1, 0.15) is 0 Å². The standard InChI is InChI=1S/C15H22N2O3S.ClH/c1-12-3-5-14(6-4-12)21(19,20)10-7-15(18)17-9-8-16-11-13(17)2;/h3-6,13,16H,7-11H2,1-2H3;1H/t13-;/m1./s1. The summed E-state index contributed by atoms with van der Waals surface area (Å²) in [7, 11) is -3.39. The first-order chi connectivity index (χ1) is 9.90. The Morgan fingerprint density at radius 1 is 1.32 bits per heavy atom. The fourth-order valence-corrected chi connectivity index (χ4v) is 3.67. The van der Waals surface area contributed by atoms with Gasteiger partial charge in [-0.05, 0) is 26.0 Å². The Labute approximate surface area is 138 Å². The molecule has 1 N–H and O–H groups in total. The Balaban J connectivity index is 0.00000242. The van der Waals surface area contributed by atoms with Gasteiger partial charge in [-0.1, -0.05) is 17.7 Å². The van der Waals surface area contributed by atoms with Crippen molar-refractivity contribution in [3.63, 3.8) is 0 Å². The number of carbonyl (C=O) groups excluding carboxylic acids is 1. The Hall–Kier alpha value is -1.11. The SMILES string of the molecule is Cc1ccc(S(=O)(=O)CCC(=O)N2CCNC[C@H]2C)cc1.Cl. The van der Waals surface area contributed by atoms with Crippen molar-refractivity contribution in [3.05, 3.63) is 29.8 Å². The van der Waals surface area contributed by atoms with Crippen molar-refractivity contribution < 1.29 is 13.2 Å². The first-order valence-corrected chi connectivity index (χ1v) is 8.85. The molecule has 7 heteroatoms. The maximum Gasteiger partial charge on any atom is 0.223 e. The lowest BCUT2D eigenvalue weighted by atomic mass is 10.2. The van der Waals surface area contributed by atoms with Gasteiger partial charge in [-0.15, -0.1) is 12.4 Å². The van der Waals surface area contributed by atoms with Crippen molar-refractivity contribution >= 4 is 28.2 Å². The van der Waals surface area contributed by atoms with Gasteiger partial charge >= 0.3 is 0 Å². The van der Waals surface area contributed by atoms with Crippen LogP contribution in [0, 0.1) is 6.92 Å². The zero-order chi connectivity index (χ0) is 15.5. The molecule has 1 amide bonds. The minimum atomic E-state index is -3.39. The first-order valence-electron chi connectivity index (χ1n) is 7.20. The highest BCUT2D eigenvalue weighted by molar-refractivity contribution is 7.91. The van der Waals surface area contributed by atoms with E-state index in [1.807, 2.05) is 13.8 Å². The summed E-state index contributed by atoms with van der Waals surface area (Å²) in [6.07, 6.45) is 0.0422. The normalized spacial score (nSPS) is 18.6. The molecule has 1 saturated heterocycles. The number of rotatable bonds is 4. The number of carbonyl (C=O) groups is 1. The molecular weight excluding hydrogens is 324 g/mol. The molecule has 0 bridgehead atoms. The van der Waals surface area contributed by atoms with Gasteiger partial charge in [-0.25, -0.2) is 8.42 Å². The van der Waals surface area contributed by atoms with Crippen LogP contribution in [0.15, 0.2) is 29.2 Å². The molecule has 5 nitrogen and oxygen atoms in total. The number of hydrogen-bond donors (Lipinski definition) is 1. The second-order valence-electron chi connectivity index (χ2n) is 5.52. The second-order valence-corrected chi connectivity index (χ2v) is 7.63. The first kappa shape index (κ1) is 18.9. The Morgan fingerprint density at radius 2 is 1.95 bits per heavy atom. The van der Waals surface area contributed by atoms with Gasteiger partial charge in [0.15, 0.2) is 9.84 Å². The number of halogens is 1. The molecule has 22 heavy (non-hydrogen) atoms. The lowest BCUT2D eigenvalue weighted by Gasteiger charge is -2.34. The Bertz CT molecular complexity index is 602. The van der Waals surface area contributed by atoms with Crippen molar-refractivity contribution in [2.24, 2.45) is 0 Å². The summed E-state index contributed by atoms with van der Waals surface area (Å²) in [5.41, 5.74) is 1.01. The number of nitrogens with one attached hydrogen (secondary N) is 1. The van der Waals surface area contributed by atoms with E-state index in [1.54, 1.807) is 29.2 Å². The minimum absolute atomic E-state index is 0. The third kappa shape index (κ3) is 4.69. The van der Waals surface area contributed by atoms with Gasteiger partial charge in [0.2, 0.25) is 5.91 Å². The minimum Gasteiger partial charge on any atom is -0.337 e. The molecule has 124 valence electrons. The van der Waals surface area contributed by atoms with Crippen molar-refractivity contribution in [1.82, 2.24) is 10.2 Å². The van der Waals surface area contributed by atoms with Crippen molar-refractivity contribution in [2.45, 2.75) is 31.2 Å². The predicted molar refractivity (Wildman–Crippen MR) is 89.1 cm³/mol. The summed E-state index contributed by atoms with van der Waals surface area (Å²) in [6.45, 7) is 6.05. The highest BCUT2D eigenvalue weighted by Gasteiger charge is 2.24. The molecule has 0 radical (unpaired) electrons. The van der Waals surface area contributed by atoms with Gasteiger partial charge < -0.3 is 10.2 Å². The molecule has 1 heterocycles. The van der Waals surface area contributed by atoms with E-state index in [4.69, 9.17) is 0 Å². The van der Waals surface area contributed by atoms with Crippen LogP contribution in [0.25, 0.3) is 0 Å². The van der Waals surface area contributed by atoms with Crippen LogP contribution < -0.4 is 5.32 Å². The molecular formula is C15H23ClN2O3S. The third-order valence-corrected chi connectivity index (χ3v) is 5.52. The molecule has 1 atom stereocenters. The molecule has 0 aliphatic carbocycles. The van der Waals surface area contributed by atoms with E-state index in [2.05, 4.69) is 5.32 Å². The van der Waals surface area contributed by atoms with Crippen molar-refractivity contribution in [1.29, 1.82) is 0 Å². The van der Waals surface area contributed by atoms with Crippen LogP contribution in [0.3, 0.4) is 0 Å². The summed E-state index contributed by atoms with van der Waals surface area (Å²) < 4.78 is 24.5. The van der Waals surface area contributed by atoms with E-state index in [9.17, 15) is 13.2 Å². The number of benzene rings is 1. The predicted octanol–water partition coefficient (Wildman–Crippen LogP) is 1.40. The van der Waals surface area contributed by atoms with Gasteiger partial charge in [0, 0.05) is 32.1 Å². The summed E-state index contributed by atoms with van der Waals surface area (Å²) in [6, 6.07) is 6.86. The molecule has 0 saturated carbocycles. The quantitative estimate of drug-likeness (QED) is 0.895. The Kier molecular flexibility index (Phi) is 6.84. The number of hydrogen-bond acceptors (Lipinski definition) is 4. The largest absolute Gasteiger partial charge is 0.337 e. The topological polar surface area (TPSA) is 66.5 Å². The van der Waals surface area contributed by atoms with Crippen molar-refractivity contribution in [2.75, 3.05) is 25.4 Å². The highest BCUT2D eigenvalue weighted by atomic mass is 35.5. The molecule has 1 aromatic rings. The van der Waals surface area contributed by atoms with Crippen LogP contribution in [0.1, 0.15) is 18.9 Å². The van der Waals surface area contributed by atoms with E-state index in [-0.39, 0.29) is 41.4 Å². The maximum absolute atomic E-state index is 12.2. The summed E-state index contributed by atoms with van der Waals surface area (Å²) >= 11 is 0. The summed E-state index contributed by atoms with van der Waals surface area (Å²) in [5.74, 6) is -0.217. The molecule has 0 aromatic heterocycles. The average Bonchev–Trinajstić information content (AvgIpc) is 2.46. The van der Waals surface area contributed by atoms with E-state index in [1.165, 1.54) is 0 Å². The zero-order valence-corrected chi connectivity index (χ0v) is 14.5. The molecule has 1 aliphatic rings. The van der Waals surface area contributed by atoms with Crippen LogP contribution in [0.5, 0.6) is 0 Å². The van der Waals surface area contributed by atoms with Gasteiger partial charge in [-0.2, -0.15) is 0 Å². The lowest BCUT2D eigenvalue weighted by molar-refractivity contribution is -0.133. The number of piperazine rings is 1. The number of sulfone groups is 1. The molecule has 1 fully saturated rings. The molecule has 2 rings (SSSR count). The lowest BCUT2D eigenvalue weighted by Crippen LogP contribution is -2.52. The van der Waals surface area contributed by atoms with Gasteiger partial charge in [0.05, 0.1) is 10.6 Å². The zero-order valence-electron chi connectivity index (χ0n) is 12.9. The van der Waals surface area contributed by atoms with Crippen LogP contribution in [0.2, 0.25) is 0 Å². The smallest absolute Gasteiger partial charge is 0.223 e. The number of aryl methyl sites for hydroxylation is 1. The van der Waals surface area contributed by atoms with Crippen LogP contribution in [-0.4, -0.2) is 50.7 Å². The van der Waals surface area contributed by atoms with E-state index < -0.39 is 9.84 Å². The van der Waals surface area contributed by atoms with Crippen LogP contribution >= 0.6 is 12.4 Å². The Morgan fingerprint density at radius 3 is 2.55 bits per heavy atom. The van der Waals surface area contributed by atoms with E-state index in [0.717, 1.165) is 18.7 Å². The molecule has 0 spiro atoms. The summed E-state index contributed by atoms with van der Waals surface area (Å²) in [4.78, 5) is 14.2. The van der Waals surface area contributed by atoms with E-state index in [0.29, 0.717) is 6.54 Å². The fraction of sp³-hybridized carbons (Fsp3) is 0.533. The fourth-order valence-electron chi connectivity index (χ4n) is 2.44. The maximum atomic E-state index is 12.2. The van der Waals surface area contributed by atoms with E-state index >= 15 is 0 Å². The summed E-state index contributed by atoms with van der Waals surface area (Å²) in [5, 5.41) is 3.21. The second kappa shape index (κ2) is 7.94. The van der Waals surface area contributed by atoms with Gasteiger partial charge in [0.25, 0.3) is 0 Å². The molecule has 1 aliphatic heterocycles. The number of nitrogens with zero attached hydrogens (tertiary/aromatic N) is 1. The van der Waals surface area contributed by atoms with Crippen LogP contribution in [-0.2, 0) is 14.6 Å². The monoisotopic (exact) mass is 346 g/mol. The highest BCUT2D eigenvalue weighted by Crippen LogP contribution is 2.14. The van der Waals surface area contributed by atoms with Gasteiger partial charge in [-0.3, -0.25) is 4.79 Å². The van der Waals surface area contributed by atoms with Crippen molar-refractivity contribution in [3.8, 4) is 0 Å². The third-order valence-electron chi connectivity index (χ3n) is 3.79. The molecule has 0 unspecified atom stereocenters. The number of amides is 1. The molecule has 1 aromatic carbocycles.